The van der Waals surface area contributed by atoms with Crippen LogP contribution in [0.25, 0.3) is 0 Å². The molecule has 0 amide bonds. The summed E-state index contributed by atoms with van der Waals surface area (Å²) in [5.41, 5.74) is 1.04. The van der Waals surface area contributed by atoms with E-state index in [9.17, 15) is 4.79 Å². The molecular formula is C14H22N2O. The smallest absolute Gasteiger partial charge is 0.169 e. The van der Waals surface area contributed by atoms with Crippen LogP contribution in [0.4, 0.5) is 0 Å². The average Bonchev–Trinajstić information content (AvgIpc) is 2.62. The maximum atomic E-state index is 12.7. The van der Waals surface area contributed by atoms with E-state index in [1.807, 2.05) is 0 Å². The average molecular weight is 234 g/mol. The quantitative estimate of drug-likeness (QED) is 0.628. The fourth-order valence-corrected chi connectivity index (χ4v) is 3.92. The van der Waals surface area contributed by atoms with E-state index < -0.39 is 0 Å². The van der Waals surface area contributed by atoms with Gasteiger partial charge in [0.25, 0.3) is 0 Å². The van der Waals surface area contributed by atoms with Crippen molar-refractivity contribution in [3.05, 3.63) is 11.4 Å². The molecule has 2 atom stereocenters. The van der Waals surface area contributed by atoms with Crippen molar-refractivity contribution in [1.82, 2.24) is 10.6 Å². The van der Waals surface area contributed by atoms with Gasteiger partial charge in [0.05, 0.1) is 0 Å². The van der Waals surface area contributed by atoms with Crippen LogP contribution in [0.2, 0.25) is 0 Å². The Hall–Kier alpha value is -0.990. The second-order valence-electron chi connectivity index (χ2n) is 6.47. The number of Topliss-reactive ketones (excluding diaryl/α,β-unsaturated/α-hetero) is 1. The molecule has 1 saturated heterocycles. The summed E-state index contributed by atoms with van der Waals surface area (Å²) in [4.78, 5) is 12.7. The lowest BCUT2D eigenvalue weighted by atomic mass is 9.70. The molecule has 2 N–H and O–H groups in total. The summed E-state index contributed by atoms with van der Waals surface area (Å²) in [5, 5.41) is 6.76. The number of carbonyl (C=O) groups is 1. The minimum Gasteiger partial charge on any atom is -0.371 e. The highest BCUT2D eigenvalue weighted by Gasteiger charge is 2.64. The first-order valence-electron chi connectivity index (χ1n) is 6.75. The maximum absolute atomic E-state index is 12.7. The second kappa shape index (κ2) is 3.27. The molecule has 0 spiro atoms. The van der Waals surface area contributed by atoms with Crippen LogP contribution in [0.5, 0.6) is 0 Å². The molecular weight excluding hydrogens is 212 g/mol. The predicted octanol–water partition coefficient (Wildman–Crippen LogP) is 1.81. The van der Waals surface area contributed by atoms with Gasteiger partial charge in [0.1, 0.15) is 5.82 Å². The van der Waals surface area contributed by atoms with Crippen LogP contribution < -0.4 is 10.6 Å². The molecule has 2 bridgehead atoms. The Morgan fingerprint density at radius 2 is 1.82 bits per heavy atom. The number of rotatable bonds is 0. The van der Waals surface area contributed by atoms with Crippen molar-refractivity contribution in [3.8, 4) is 0 Å². The van der Waals surface area contributed by atoms with E-state index in [0.717, 1.165) is 43.7 Å². The van der Waals surface area contributed by atoms with Crippen molar-refractivity contribution in [3.63, 3.8) is 0 Å². The minimum absolute atomic E-state index is 0.118. The van der Waals surface area contributed by atoms with Crippen molar-refractivity contribution >= 4 is 5.78 Å². The molecule has 1 aliphatic heterocycles. The Bertz CT molecular complexity index is 402. The zero-order valence-electron chi connectivity index (χ0n) is 11.0. The summed E-state index contributed by atoms with van der Waals surface area (Å²) in [7, 11) is 0. The Morgan fingerprint density at radius 3 is 2.35 bits per heavy atom. The summed E-state index contributed by atoms with van der Waals surface area (Å²) in [6, 6.07) is 0. The molecule has 2 aliphatic carbocycles. The Morgan fingerprint density at radius 1 is 1.18 bits per heavy atom. The molecule has 3 aliphatic rings. The molecule has 3 nitrogen and oxygen atoms in total. The predicted molar refractivity (Wildman–Crippen MR) is 67.3 cm³/mol. The maximum Gasteiger partial charge on any atom is 0.169 e. The first-order valence-corrected chi connectivity index (χ1v) is 6.75. The number of nitrogens with one attached hydrogen (secondary N) is 2. The van der Waals surface area contributed by atoms with E-state index in [2.05, 4.69) is 31.4 Å². The third kappa shape index (κ3) is 1.20. The molecule has 0 aromatic rings. The number of ketones is 1. The fraction of sp³-hybridized carbons (Fsp3) is 0.786. The molecule has 94 valence electrons. The second-order valence-corrected chi connectivity index (χ2v) is 6.47. The highest BCUT2D eigenvalue weighted by Crippen LogP contribution is 2.65. The fourth-order valence-electron chi connectivity index (χ4n) is 3.92. The van der Waals surface area contributed by atoms with Crippen molar-refractivity contribution in [2.75, 3.05) is 13.1 Å². The van der Waals surface area contributed by atoms with E-state index in [-0.39, 0.29) is 10.8 Å². The highest BCUT2D eigenvalue weighted by molar-refractivity contribution is 6.05. The van der Waals surface area contributed by atoms with Gasteiger partial charge in [0.2, 0.25) is 0 Å². The van der Waals surface area contributed by atoms with Crippen LogP contribution in [0.15, 0.2) is 11.4 Å². The van der Waals surface area contributed by atoms with Crippen LogP contribution in [0.1, 0.15) is 40.0 Å². The van der Waals surface area contributed by atoms with Crippen molar-refractivity contribution in [1.29, 1.82) is 0 Å². The van der Waals surface area contributed by atoms with Crippen LogP contribution in [-0.2, 0) is 4.79 Å². The lowest BCUT2D eigenvalue weighted by Gasteiger charge is -2.31. The van der Waals surface area contributed by atoms with Gasteiger partial charge in [-0.15, -0.1) is 0 Å². The molecule has 1 heterocycles. The minimum atomic E-state index is -0.138. The van der Waals surface area contributed by atoms with Gasteiger partial charge in [0.15, 0.2) is 5.78 Å². The van der Waals surface area contributed by atoms with Crippen molar-refractivity contribution in [2.45, 2.75) is 40.0 Å². The number of hydrogen-bond donors (Lipinski definition) is 2. The number of hydrogen-bond acceptors (Lipinski definition) is 3. The van der Waals surface area contributed by atoms with Gasteiger partial charge in [-0.3, -0.25) is 4.79 Å². The van der Waals surface area contributed by atoms with E-state index in [4.69, 9.17) is 0 Å². The first kappa shape index (κ1) is 11.1. The standard InChI is InChI=1S/C14H22N2O/c1-13(2)9-5-6-14(13,3)11(17)10(9)12-15-7-4-8-16-12/h9,15-16H,4-8H2,1-3H3. The topological polar surface area (TPSA) is 41.1 Å². The van der Waals surface area contributed by atoms with Gasteiger partial charge < -0.3 is 10.6 Å². The summed E-state index contributed by atoms with van der Waals surface area (Å²) in [5.74, 6) is 1.85. The summed E-state index contributed by atoms with van der Waals surface area (Å²) >= 11 is 0. The van der Waals surface area contributed by atoms with Crippen LogP contribution >= 0.6 is 0 Å². The van der Waals surface area contributed by atoms with Gasteiger partial charge in [-0.25, -0.2) is 0 Å². The highest BCUT2D eigenvalue weighted by atomic mass is 16.1. The zero-order chi connectivity index (χ0) is 12.3. The summed E-state index contributed by atoms with van der Waals surface area (Å²) in [6.07, 6.45) is 3.36. The molecule has 0 radical (unpaired) electrons. The Labute approximate surface area is 103 Å². The number of carbonyl (C=O) groups excluding carboxylic acids is 1. The van der Waals surface area contributed by atoms with Crippen LogP contribution in [0, 0.1) is 16.7 Å². The van der Waals surface area contributed by atoms with Crippen molar-refractivity contribution in [2.24, 2.45) is 16.7 Å². The van der Waals surface area contributed by atoms with E-state index in [1.54, 1.807) is 0 Å². The van der Waals surface area contributed by atoms with Crippen LogP contribution in [0.3, 0.4) is 0 Å². The normalized spacial score (nSPS) is 39.2. The molecule has 0 aromatic carbocycles. The van der Waals surface area contributed by atoms with E-state index in [1.165, 1.54) is 0 Å². The van der Waals surface area contributed by atoms with Gasteiger partial charge in [-0.2, -0.15) is 0 Å². The van der Waals surface area contributed by atoms with E-state index in [0.29, 0.717) is 11.7 Å². The zero-order valence-corrected chi connectivity index (χ0v) is 11.0. The monoisotopic (exact) mass is 234 g/mol. The summed E-state index contributed by atoms with van der Waals surface area (Å²) < 4.78 is 0. The molecule has 3 fully saturated rings. The third-order valence-electron chi connectivity index (χ3n) is 5.55. The molecule has 3 heteroatoms. The Balaban J connectivity index is 2.07. The Kier molecular flexibility index (Phi) is 2.14. The molecule has 3 rings (SSSR count). The lowest BCUT2D eigenvalue weighted by molar-refractivity contribution is -0.125. The molecule has 17 heavy (non-hydrogen) atoms. The molecule has 2 unspecified atom stereocenters. The van der Waals surface area contributed by atoms with Gasteiger partial charge >= 0.3 is 0 Å². The SMILES string of the molecule is CC12CCC(C(=C3NCCCN3)C1=O)C2(C)C. The van der Waals surface area contributed by atoms with Gasteiger partial charge in [-0.1, -0.05) is 20.8 Å². The first-order chi connectivity index (χ1) is 7.98. The van der Waals surface area contributed by atoms with E-state index >= 15 is 0 Å². The van der Waals surface area contributed by atoms with Gasteiger partial charge in [0, 0.05) is 24.1 Å². The number of fused-ring (bicyclic) bond motifs is 2. The molecule has 0 aromatic heterocycles. The molecule has 2 saturated carbocycles. The van der Waals surface area contributed by atoms with Gasteiger partial charge in [-0.05, 0) is 30.6 Å². The third-order valence-corrected chi connectivity index (χ3v) is 5.55. The number of allylic oxidation sites excluding steroid dienone is 1. The van der Waals surface area contributed by atoms with Crippen molar-refractivity contribution < 1.29 is 4.79 Å². The summed E-state index contributed by atoms with van der Waals surface area (Å²) in [6.45, 7) is 8.66. The van der Waals surface area contributed by atoms with Crippen LogP contribution in [-0.4, -0.2) is 18.9 Å². The largest absolute Gasteiger partial charge is 0.371 e. The lowest BCUT2D eigenvalue weighted by Crippen LogP contribution is -2.39.